The van der Waals surface area contributed by atoms with Gasteiger partial charge in [-0.1, -0.05) is 0 Å². The molecule has 1 aliphatic rings. The number of benzene rings is 1. The molecule has 0 radical (unpaired) electrons. The Balaban J connectivity index is 2.17. The first kappa shape index (κ1) is 19.8. The van der Waals surface area contributed by atoms with Crippen molar-refractivity contribution in [3.05, 3.63) is 24.0 Å². The fraction of sp³-hybridized carbons (Fsp3) is 0.500. The molecular weight excluding hydrogens is 354 g/mol. The van der Waals surface area contributed by atoms with Gasteiger partial charge in [-0.2, -0.15) is 4.99 Å². The maximum Gasteiger partial charge on any atom is 0.573 e. The van der Waals surface area contributed by atoms with Gasteiger partial charge in [-0.3, -0.25) is 0 Å². The highest BCUT2D eigenvalue weighted by Crippen LogP contribution is 2.28. The summed E-state index contributed by atoms with van der Waals surface area (Å²) >= 11 is 0. The molecule has 2 rings (SSSR count). The molecule has 0 amide bonds. The van der Waals surface area contributed by atoms with Gasteiger partial charge in [-0.15, -0.1) is 13.2 Å². The molecule has 2 atom stereocenters. The largest absolute Gasteiger partial charge is 0.573 e. The lowest BCUT2D eigenvalue weighted by Gasteiger charge is -2.39. The molecule has 0 spiro atoms. The van der Waals surface area contributed by atoms with Gasteiger partial charge in [0.2, 0.25) is 5.96 Å². The number of nitrogens with zero attached hydrogens (tertiary/aromatic N) is 3. The summed E-state index contributed by atoms with van der Waals surface area (Å²) in [5.74, 6) is -2.19. The van der Waals surface area contributed by atoms with E-state index in [1.54, 1.807) is 0 Å². The number of likely N-dealkylation sites (tertiary alicyclic amines) is 1. The van der Waals surface area contributed by atoms with Crippen LogP contribution in [-0.2, 0) is 0 Å². The smallest absolute Gasteiger partial charge is 0.403 e. The van der Waals surface area contributed by atoms with Crippen molar-refractivity contribution in [2.75, 3.05) is 0 Å². The summed E-state index contributed by atoms with van der Waals surface area (Å²) in [5.41, 5.74) is 11.7. The normalized spacial score (nSPS) is 22.5. The Labute approximate surface area is 148 Å². The number of hydrogen-bond acceptors (Lipinski definition) is 2. The highest BCUT2D eigenvalue weighted by Gasteiger charge is 2.32. The van der Waals surface area contributed by atoms with Crippen LogP contribution in [0.2, 0.25) is 0 Å². The molecule has 1 aromatic carbocycles. The molecule has 6 nitrogen and oxygen atoms in total. The van der Waals surface area contributed by atoms with Gasteiger partial charge in [0.25, 0.3) is 0 Å². The number of nitrogens with two attached hydrogens (primary N) is 2. The van der Waals surface area contributed by atoms with E-state index in [0.717, 1.165) is 37.5 Å². The van der Waals surface area contributed by atoms with E-state index in [9.17, 15) is 17.6 Å². The number of halogens is 4. The lowest BCUT2D eigenvalue weighted by molar-refractivity contribution is -0.275. The van der Waals surface area contributed by atoms with Crippen LogP contribution in [0.3, 0.4) is 0 Å². The highest BCUT2D eigenvalue weighted by atomic mass is 19.4. The predicted molar refractivity (Wildman–Crippen MR) is 90.6 cm³/mol. The van der Waals surface area contributed by atoms with E-state index in [2.05, 4.69) is 14.7 Å². The molecule has 1 saturated heterocycles. The van der Waals surface area contributed by atoms with Crippen LogP contribution in [0.25, 0.3) is 0 Å². The number of guanidine groups is 2. The van der Waals surface area contributed by atoms with E-state index in [1.807, 2.05) is 18.7 Å². The summed E-state index contributed by atoms with van der Waals surface area (Å²) in [6, 6.07) is 3.12. The third kappa shape index (κ3) is 5.24. The lowest BCUT2D eigenvalue weighted by Crippen LogP contribution is -2.51. The average Bonchev–Trinajstić information content (AvgIpc) is 2.48. The summed E-state index contributed by atoms with van der Waals surface area (Å²) in [6.07, 6.45) is -1.93. The van der Waals surface area contributed by atoms with Crippen LogP contribution in [0.15, 0.2) is 28.2 Å². The molecule has 0 aromatic heterocycles. The third-order valence-corrected chi connectivity index (χ3v) is 4.07. The Morgan fingerprint density at radius 2 is 1.81 bits per heavy atom. The van der Waals surface area contributed by atoms with E-state index in [1.165, 1.54) is 0 Å². The first-order valence-corrected chi connectivity index (χ1v) is 8.09. The quantitative estimate of drug-likeness (QED) is 0.472. The minimum absolute atomic E-state index is 0.00850. The molecule has 0 bridgehead atoms. The van der Waals surface area contributed by atoms with Crippen LogP contribution in [0, 0.1) is 5.82 Å². The van der Waals surface area contributed by atoms with E-state index in [0.29, 0.717) is 0 Å². The molecule has 2 unspecified atom stereocenters. The number of hydrogen-bond donors (Lipinski definition) is 2. The summed E-state index contributed by atoms with van der Waals surface area (Å²) in [6.45, 7) is 4.06. The van der Waals surface area contributed by atoms with E-state index >= 15 is 0 Å². The van der Waals surface area contributed by atoms with Crippen LogP contribution >= 0.6 is 0 Å². The van der Waals surface area contributed by atoms with Crippen molar-refractivity contribution in [3.8, 4) is 5.75 Å². The number of ether oxygens (including phenoxy) is 1. The zero-order valence-electron chi connectivity index (χ0n) is 14.4. The first-order valence-electron chi connectivity index (χ1n) is 8.09. The second kappa shape index (κ2) is 7.79. The molecule has 10 heteroatoms. The first-order chi connectivity index (χ1) is 12.1. The van der Waals surface area contributed by atoms with E-state index < -0.39 is 17.9 Å². The van der Waals surface area contributed by atoms with Crippen LogP contribution in [-0.4, -0.2) is 35.3 Å². The third-order valence-electron chi connectivity index (χ3n) is 4.07. The number of piperidine rings is 1. The number of rotatable bonds is 2. The molecule has 1 fully saturated rings. The maximum absolute atomic E-state index is 13.7. The van der Waals surface area contributed by atoms with Gasteiger partial charge < -0.3 is 21.1 Å². The van der Waals surface area contributed by atoms with Gasteiger partial charge in [-0.05, 0) is 45.2 Å². The molecule has 0 aliphatic carbocycles. The summed E-state index contributed by atoms with van der Waals surface area (Å²) in [5, 5.41) is 0. The summed E-state index contributed by atoms with van der Waals surface area (Å²) in [4.78, 5) is 9.83. The van der Waals surface area contributed by atoms with Crippen molar-refractivity contribution >= 4 is 17.6 Å². The second-order valence-electron chi connectivity index (χ2n) is 6.14. The zero-order chi connectivity index (χ0) is 19.5. The minimum Gasteiger partial charge on any atom is -0.403 e. The van der Waals surface area contributed by atoms with Gasteiger partial charge in [0.15, 0.2) is 17.5 Å². The Hall–Kier alpha value is -2.52. The molecule has 4 N–H and O–H groups in total. The average molecular weight is 375 g/mol. The highest BCUT2D eigenvalue weighted by molar-refractivity contribution is 5.94. The number of aliphatic imine (C=N–C) groups is 2. The lowest BCUT2D eigenvalue weighted by atomic mass is 9.98. The maximum atomic E-state index is 13.7. The topological polar surface area (TPSA) is 89.2 Å². The van der Waals surface area contributed by atoms with Crippen LogP contribution in [0.5, 0.6) is 5.75 Å². The molecule has 1 aliphatic heterocycles. The van der Waals surface area contributed by atoms with E-state index in [-0.39, 0.29) is 29.7 Å². The van der Waals surface area contributed by atoms with Crippen LogP contribution < -0.4 is 16.2 Å². The van der Waals surface area contributed by atoms with Crippen molar-refractivity contribution < 1.29 is 22.3 Å². The van der Waals surface area contributed by atoms with Crippen molar-refractivity contribution in [1.82, 2.24) is 4.90 Å². The van der Waals surface area contributed by atoms with Crippen LogP contribution in [0.1, 0.15) is 33.1 Å². The van der Waals surface area contributed by atoms with Crippen LogP contribution in [0.4, 0.5) is 23.2 Å². The molecule has 1 aromatic rings. The Bertz CT molecular complexity index is 694. The summed E-state index contributed by atoms with van der Waals surface area (Å²) in [7, 11) is 0. The standard InChI is InChI=1S/C16H21F4N5O/c1-9-4-3-5-10(2)25(9)15(22)24-14(21)23-11-6-7-13(12(17)8-11)26-16(18,19)20/h6-10H,3-5H2,1-2H3,(H4,21,22,23,24). The molecule has 144 valence electrons. The van der Waals surface area contributed by atoms with Gasteiger partial charge in [0.1, 0.15) is 0 Å². The minimum atomic E-state index is -4.98. The van der Waals surface area contributed by atoms with Gasteiger partial charge in [0, 0.05) is 18.2 Å². The van der Waals surface area contributed by atoms with Gasteiger partial charge >= 0.3 is 6.36 Å². The predicted octanol–water partition coefficient (Wildman–Crippen LogP) is 3.25. The fourth-order valence-corrected chi connectivity index (χ4v) is 2.97. The Morgan fingerprint density at radius 3 is 2.35 bits per heavy atom. The fourth-order valence-electron chi connectivity index (χ4n) is 2.97. The van der Waals surface area contributed by atoms with Crippen molar-refractivity contribution in [1.29, 1.82) is 0 Å². The summed E-state index contributed by atoms with van der Waals surface area (Å²) < 4.78 is 53.7. The Morgan fingerprint density at radius 1 is 1.19 bits per heavy atom. The van der Waals surface area contributed by atoms with Crippen molar-refractivity contribution in [3.63, 3.8) is 0 Å². The van der Waals surface area contributed by atoms with Crippen molar-refractivity contribution in [2.45, 2.75) is 51.6 Å². The Kier molecular flexibility index (Phi) is 5.94. The zero-order valence-corrected chi connectivity index (χ0v) is 14.4. The second-order valence-corrected chi connectivity index (χ2v) is 6.14. The molecule has 1 heterocycles. The number of alkyl halides is 3. The monoisotopic (exact) mass is 375 g/mol. The SMILES string of the molecule is CC1CCCC(C)N1C(N)=NC(N)=Nc1ccc(OC(F)(F)F)c(F)c1. The molecule has 0 saturated carbocycles. The van der Waals surface area contributed by atoms with Gasteiger partial charge in [0.05, 0.1) is 5.69 Å². The molecule has 26 heavy (non-hydrogen) atoms. The molecular formula is C16H21F4N5O. The van der Waals surface area contributed by atoms with Gasteiger partial charge in [-0.25, -0.2) is 9.38 Å². The van der Waals surface area contributed by atoms with Crippen molar-refractivity contribution in [2.24, 2.45) is 21.5 Å². The van der Waals surface area contributed by atoms with E-state index in [4.69, 9.17) is 11.5 Å².